The van der Waals surface area contributed by atoms with Gasteiger partial charge >= 0.3 is 0 Å². The summed E-state index contributed by atoms with van der Waals surface area (Å²) >= 11 is 1.81. The number of rotatable bonds is 2. The number of anilines is 2. The first-order valence-electron chi connectivity index (χ1n) is 7.11. The third kappa shape index (κ3) is 2.08. The van der Waals surface area contributed by atoms with Crippen LogP contribution in [0.25, 0.3) is 5.57 Å². The van der Waals surface area contributed by atoms with Gasteiger partial charge < -0.3 is 4.90 Å². The SMILES string of the molecule is C=C(C)c1ccsc1N1CCC(C)(C)c2ccccc21. The molecule has 0 N–H and O–H groups in total. The van der Waals surface area contributed by atoms with E-state index in [1.165, 1.54) is 28.2 Å². The van der Waals surface area contributed by atoms with Gasteiger partial charge in [0.05, 0.1) is 0 Å². The number of nitrogens with zero attached hydrogens (tertiary/aromatic N) is 1. The normalized spacial score (nSPS) is 16.9. The molecule has 2 heteroatoms. The Kier molecular flexibility index (Phi) is 3.21. The fourth-order valence-corrected chi connectivity index (χ4v) is 3.99. The van der Waals surface area contributed by atoms with Gasteiger partial charge in [-0.15, -0.1) is 11.3 Å². The molecule has 1 aromatic heterocycles. The monoisotopic (exact) mass is 283 g/mol. The number of hydrogen-bond donors (Lipinski definition) is 0. The summed E-state index contributed by atoms with van der Waals surface area (Å²) in [6.07, 6.45) is 1.18. The fourth-order valence-electron chi connectivity index (χ4n) is 2.97. The number of benzene rings is 1. The van der Waals surface area contributed by atoms with Gasteiger partial charge in [0.2, 0.25) is 0 Å². The summed E-state index contributed by atoms with van der Waals surface area (Å²) in [7, 11) is 0. The summed E-state index contributed by atoms with van der Waals surface area (Å²) < 4.78 is 0. The summed E-state index contributed by atoms with van der Waals surface area (Å²) in [6.45, 7) is 12.0. The molecule has 0 saturated heterocycles. The van der Waals surface area contributed by atoms with Gasteiger partial charge in [-0.2, -0.15) is 0 Å². The molecule has 2 aromatic rings. The Bertz CT molecular complexity index is 651. The van der Waals surface area contributed by atoms with Crippen LogP contribution >= 0.6 is 11.3 Å². The van der Waals surface area contributed by atoms with Crippen LogP contribution < -0.4 is 4.90 Å². The molecule has 1 nitrogen and oxygen atoms in total. The van der Waals surface area contributed by atoms with E-state index in [2.05, 4.69) is 68.0 Å². The van der Waals surface area contributed by atoms with Crippen LogP contribution in [0.2, 0.25) is 0 Å². The first kappa shape index (κ1) is 13.4. The van der Waals surface area contributed by atoms with Gasteiger partial charge in [0.25, 0.3) is 0 Å². The lowest BCUT2D eigenvalue weighted by molar-refractivity contribution is 0.467. The summed E-state index contributed by atoms with van der Waals surface area (Å²) in [4.78, 5) is 2.47. The van der Waals surface area contributed by atoms with Gasteiger partial charge in [0.1, 0.15) is 5.00 Å². The first-order valence-corrected chi connectivity index (χ1v) is 7.99. The minimum Gasteiger partial charge on any atom is -0.332 e. The Labute approximate surface area is 125 Å². The highest BCUT2D eigenvalue weighted by Crippen LogP contribution is 2.45. The summed E-state index contributed by atoms with van der Waals surface area (Å²) in [5.41, 5.74) is 5.49. The predicted octanol–water partition coefficient (Wildman–Crippen LogP) is 5.60. The largest absolute Gasteiger partial charge is 0.332 e. The molecule has 0 bridgehead atoms. The van der Waals surface area contributed by atoms with Crippen molar-refractivity contribution in [3.63, 3.8) is 0 Å². The molecule has 3 rings (SSSR count). The van der Waals surface area contributed by atoms with E-state index in [1.54, 1.807) is 0 Å². The Morgan fingerprint density at radius 3 is 2.75 bits per heavy atom. The molecule has 0 aliphatic carbocycles. The minimum atomic E-state index is 0.258. The average Bonchev–Trinajstić information content (AvgIpc) is 2.88. The second-order valence-corrected chi connectivity index (χ2v) is 7.12. The van der Waals surface area contributed by atoms with Crippen molar-refractivity contribution < 1.29 is 0 Å². The van der Waals surface area contributed by atoms with Crippen molar-refractivity contribution in [2.45, 2.75) is 32.6 Å². The number of hydrogen-bond acceptors (Lipinski definition) is 2. The van der Waals surface area contributed by atoms with Crippen LogP contribution in [0.1, 0.15) is 38.3 Å². The molecule has 20 heavy (non-hydrogen) atoms. The van der Waals surface area contributed by atoms with E-state index in [9.17, 15) is 0 Å². The van der Waals surface area contributed by atoms with Crippen LogP contribution in [-0.4, -0.2) is 6.54 Å². The molecule has 0 fully saturated rings. The lowest BCUT2D eigenvalue weighted by atomic mass is 9.77. The number of fused-ring (bicyclic) bond motifs is 1. The maximum atomic E-state index is 4.12. The minimum absolute atomic E-state index is 0.258. The molecule has 1 aliphatic heterocycles. The molecular weight excluding hydrogens is 262 g/mol. The maximum Gasteiger partial charge on any atom is 0.103 e. The number of thiophene rings is 1. The number of para-hydroxylation sites is 1. The van der Waals surface area contributed by atoms with E-state index in [-0.39, 0.29) is 5.41 Å². The molecule has 0 atom stereocenters. The van der Waals surface area contributed by atoms with Gasteiger partial charge in [-0.1, -0.05) is 38.6 Å². The second kappa shape index (κ2) is 4.78. The van der Waals surface area contributed by atoms with E-state index >= 15 is 0 Å². The molecule has 104 valence electrons. The lowest BCUT2D eigenvalue weighted by Crippen LogP contribution is -2.34. The zero-order valence-electron chi connectivity index (χ0n) is 12.4. The van der Waals surface area contributed by atoms with Crippen molar-refractivity contribution >= 4 is 27.6 Å². The quantitative estimate of drug-likeness (QED) is 0.693. The van der Waals surface area contributed by atoms with Gasteiger partial charge in [-0.3, -0.25) is 0 Å². The van der Waals surface area contributed by atoms with Crippen molar-refractivity contribution in [1.82, 2.24) is 0 Å². The maximum absolute atomic E-state index is 4.12. The molecule has 1 aliphatic rings. The zero-order chi connectivity index (χ0) is 14.3. The van der Waals surface area contributed by atoms with Crippen LogP contribution in [-0.2, 0) is 5.41 Å². The highest BCUT2D eigenvalue weighted by Gasteiger charge is 2.32. The Morgan fingerprint density at radius 2 is 2.00 bits per heavy atom. The third-order valence-corrected chi connectivity index (χ3v) is 5.17. The van der Waals surface area contributed by atoms with Crippen LogP contribution in [0.5, 0.6) is 0 Å². The molecule has 0 unspecified atom stereocenters. The van der Waals surface area contributed by atoms with Gasteiger partial charge in [-0.25, -0.2) is 0 Å². The molecule has 0 radical (unpaired) electrons. The van der Waals surface area contributed by atoms with Crippen molar-refractivity contribution in [2.75, 3.05) is 11.4 Å². The Balaban J connectivity index is 2.13. The topological polar surface area (TPSA) is 3.24 Å². The van der Waals surface area contributed by atoms with Crippen LogP contribution in [0.4, 0.5) is 10.7 Å². The standard InChI is InChI=1S/C18H21NS/c1-13(2)14-9-12-20-17(14)19-11-10-18(3,4)15-7-5-6-8-16(15)19/h5-9,12H,1,10-11H2,2-4H3. The zero-order valence-corrected chi connectivity index (χ0v) is 13.3. The van der Waals surface area contributed by atoms with Gasteiger partial charge in [-0.05, 0) is 47.4 Å². The predicted molar refractivity (Wildman–Crippen MR) is 90.1 cm³/mol. The Morgan fingerprint density at radius 1 is 1.25 bits per heavy atom. The molecule has 1 aromatic carbocycles. The van der Waals surface area contributed by atoms with Gasteiger partial charge in [0, 0.05) is 17.8 Å². The number of allylic oxidation sites excluding steroid dienone is 1. The first-order chi connectivity index (χ1) is 9.50. The molecule has 0 spiro atoms. The average molecular weight is 283 g/mol. The highest BCUT2D eigenvalue weighted by atomic mass is 32.1. The van der Waals surface area contributed by atoms with E-state index < -0.39 is 0 Å². The van der Waals surface area contributed by atoms with Crippen molar-refractivity contribution in [3.8, 4) is 0 Å². The molecule has 0 amide bonds. The van der Waals surface area contributed by atoms with Crippen LogP contribution in [0, 0.1) is 0 Å². The lowest BCUT2D eigenvalue weighted by Gasteiger charge is -2.40. The van der Waals surface area contributed by atoms with E-state index in [0.717, 1.165) is 12.1 Å². The molecular formula is C18H21NS. The van der Waals surface area contributed by atoms with Crippen molar-refractivity contribution in [2.24, 2.45) is 0 Å². The summed E-state index contributed by atoms with van der Waals surface area (Å²) in [5.74, 6) is 0. The second-order valence-electron chi connectivity index (χ2n) is 6.22. The third-order valence-electron chi connectivity index (χ3n) is 4.23. The molecule has 0 saturated carbocycles. The summed E-state index contributed by atoms with van der Waals surface area (Å²) in [6, 6.07) is 11.0. The van der Waals surface area contributed by atoms with Gasteiger partial charge in [0.15, 0.2) is 0 Å². The smallest absolute Gasteiger partial charge is 0.103 e. The van der Waals surface area contributed by atoms with E-state index in [4.69, 9.17) is 0 Å². The van der Waals surface area contributed by atoms with Crippen LogP contribution in [0.3, 0.4) is 0 Å². The van der Waals surface area contributed by atoms with E-state index in [1.807, 2.05) is 11.3 Å². The Hall–Kier alpha value is -1.54. The molecule has 2 heterocycles. The van der Waals surface area contributed by atoms with E-state index in [0.29, 0.717) is 0 Å². The van der Waals surface area contributed by atoms with Crippen LogP contribution in [0.15, 0.2) is 42.3 Å². The summed E-state index contributed by atoms with van der Waals surface area (Å²) in [5, 5.41) is 3.50. The van der Waals surface area contributed by atoms with Crippen molar-refractivity contribution in [3.05, 3.63) is 53.4 Å². The fraction of sp³-hybridized carbons (Fsp3) is 0.333. The highest BCUT2D eigenvalue weighted by molar-refractivity contribution is 7.14. The van der Waals surface area contributed by atoms with Crippen molar-refractivity contribution in [1.29, 1.82) is 0 Å².